The molecular weight excluding hydrogens is 278 g/mol. The van der Waals surface area contributed by atoms with E-state index in [1.165, 1.54) is 0 Å². The summed E-state index contributed by atoms with van der Waals surface area (Å²) in [6, 6.07) is 5.62. The number of aromatic nitrogens is 1. The molecule has 1 aromatic carbocycles. The molecule has 0 spiro atoms. The van der Waals surface area contributed by atoms with Gasteiger partial charge in [0.05, 0.1) is 0 Å². The lowest BCUT2D eigenvalue weighted by atomic mass is 10.1. The molecule has 1 atom stereocenters. The lowest BCUT2D eigenvalue weighted by Gasteiger charge is -2.14. The summed E-state index contributed by atoms with van der Waals surface area (Å²) in [5.41, 5.74) is 3.56. The summed E-state index contributed by atoms with van der Waals surface area (Å²) in [5, 5.41) is 6.75. The van der Waals surface area contributed by atoms with Crippen LogP contribution in [-0.2, 0) is 4.79 Å². The Kier molecular flexibility index (Phi) is 3.88. The van der Waals surface area contributed by atoms with E-state index in [1.54, 1.807) is 0 Å². The first-order chi connectivity index (χ1) is 10.6. The average molecular weight is 299 g/mol. The second-order valence-corrected chi connectivity index (χ2v) is 5.99. The number of benzene rings is 1. The van der Waals surface area contributed by atoms with Crippen molar-refractivity contribution in [3.63, 3.8) is 0 Å². The molecule has 0 radical (unpaired) electrons. The van der Waals surface area contributed by atoms with E-state index in [2.05, 4.69) is 21.7 Å². The number of carbonyl (C=O) groups is 2. The van der Waals surface area contributed by atoms with Crippen molar-refractivity contribution in [2.45, 2.75) is 39.2 Å². The molecule has 5 heteroatoms. The molecule has 0 bridgehead atoms. The van der Waals surface area contributed by atoms with Crippen LogP contribution in [0.1, 0.15) is 40.9 Å². The van der Waals surface area contributed by atoms with Crippen molar-refractivity contribution in [1.82, 2.24) is 15.6 Å². The van der Waals surface area contributed by atoms with Crippen LogP contribution in [0.2, 0.25) is 0 Å². The first kappa shape index (κ1) is 14.6. The summed E-state index contributed by atoms with van der Waals surface area (Å²) < 4.78 is 0. The largest absolute Gasteiger partial charge is 0.354 e. The van der Waals surface area contributed by atoms with Crippen molar-refractivity contribution in [3.8, 4) is 0 Å². The van der Waals surface area contributed by atoms with E-state index in [0.29, 0.717) is 18.7 Å². The molecule has 5 nitrogen and oxygen atoms in total. The summed E-state index contributed by atoms with van der Waals surface area (Å²) in [5.74, 6) is -0.302. The first-order valence-corrected chi connectivity index (χ1v) is 7.74. The zero-order chi connectivity index (χ0) is 15.7. The number of rotatable bonds is 2. The Morgan fingerprint density at radius 3 is 2.91 bits per heavy atom. The maximum Gasteiger partial charge on any atom is 0.268 e. The summed E-state index contributed by atoms with van der Waals surface area (Å²) >= 11 is 0. The first-order valence-electron chi connectivity index (χ1n) is 7.74. The quantitative estimate of drug-likeness (QED) is 0.795. The normalized spacial score (nSPS) is 18.8. The minimum atomic E-state index is -0.442. The van der Waals surface area contributed by atoms with Crippen LogP contribution in [0.15, 0.2) is 18.2 Å². The zero-order valence-electron chi connectivity index (χ0n) is 13.0. The van der Waals surface area contributed by atoms with Gasteiger partial charge < -0.3 is 15.6 Å². The van der Waals surface area contributed by atoms with Crippen molar-refractivity contribution >= 4 is 22.7 Å². The fourth-order valence-corrected chi connectivity index (χ4v) is 2.97. The Morgan fingerprint density at radius 2 is 2.09 bits per heavy atom. The molecule has 1 aliphatic rings. The summed E-state index contributed by atoms with van der Waals surface area (Å²) in [4.78, 5) is 27.6. The van der Waals surface area contributed by atoms with Gasteiger partial charge in [-0.15, -0.1) is 0 Å². The molecule has 1 saturated heterocycles. The monoisotopic (exact) mass is 299 g/mol. The van der Waals surface area contributed by atoms with Crippen molar-refractivity contribution in [3.05, 3.63) is 35.0 Å². The van der Waals surface area contributed by atoms with E-state index in [-0.39, 0.29) is 11.8 Å². The minimum absolute atomic E-state index is 0.0875. The fraction of sp³-hybridized carbons (Fsp3) is 0.412. The third kappa shape index (κ3) is 2.71. The lowest BCUT2D eigenvalue weighted by Crippen LogP contribution is -2.45. The van der Waals surface area contributed by atoms with Crippen LogP contribution in [0, 0.1) is 13.8 Å². The number of amides is 2. The highest BCUT2D eigenvalue weighted by molar-refractivity contribution is 6.02. The number of H-pyrrole nitrogens is 1. The summed E-state index contributed by atoms with van der Waals surface area (Å²) in [7, 11) is 0. The molecule has 116 valence electrons. The van der Waals surface area contributed by atoms with Gasteiger partial charge in [0.1, 0.15) is 11.7 Å². The van der Waals surface area contributed by atoms with Gasteiger partial charge in [0.2, 0.25) is 5.91 Å². The molecule has 1 aliphatic heterocycles. The zero-order valence-corrected chi connectivity index (χ0v) is 13.0. The van der Waals surface area contributed by atoms with E-state index in [1.807, 2.05) is 26.0 Å². The number of nitrogens with one attached hydrogen (secondary N) is 3. The van der Waals surface area contributed by atoms with Gasteiger partial charge in [0.25, 0.3) is 5.91 Å². The lowest BCUT2D eigenvalue weighted by molar-refractivity contribution is -0.122. The standard InChI is InChI=1S/C17H21N3O2/c1-10-6-7-13-12(9-10)11(2)15(19-13)17(22)20-14-5-3-4-8-18-16(14)21/h6-7,9,14,19H,3-5,8H2,1-2H3,(H,18,21)(H,20,22)/t14-/m1/s1. The van der Waals surface area contributed by atoms with E-state index in [0.717, 1.165) is 34.9 Å². The Hall–Kier alpha value is -2.30. The molecular formula is C17H21N3O2. The fourth-order valence-electron chi connectivity index (χ4n) is 2.97. The van der Waals surface area contributed by atoms with Crippen molar-refractivity contribution in [2.75, 3.05) is 6.54 Å². The highest BCUT2D eigenvalue weighted by atomic mass is 16.2. The van der Waals surface area contributed by atoms with Crippen LogP contribution >= 0.6 is 0 Å². The Morgan fingerprint density at radius 1 is 1.27 bits per heavy atom. The molecule has 2 aromatic rings. The molecule has 1 aromatic heterocycles. The topological polar surface area (TPSA) is 74.0 Å². The van der Waals surface area contributed by atoms with Gasteiger partial charge in [0.15, 0.2) is 0 Å². The highest BCUT2D eigenvalue weighted by Crippen LogP contribution is 2.23. The van der Waals surface area contributed by atoms with Crippen LogP contribution in [-0.4, -0.2) is 29.4 Å². The minimum Gasteiger partial charge on any atom is -0.354 e. The number of aryl methyl sites for hydroxylation is 2. The number of aromatic amines is 1. The van der Waals surface area contributed by atoms with Crippen LogP contribution in [0.25, 0.3) is 10.9 Å². The van der Waals surface area contributed by atoms with E-state index >= 15 is 0 Å². The number of hydrogen-bond acceptors (Lipinski definition) is 2. The Labute approximate surface area is 129 Å². The maximum atomic E-state index is 12.5. The van der Waals surface area contributed by atoms with Gasteiger partial charge in [-0.1, -0.05) is 11.6 Å². The third-order valence-corrected chi connectivity index (χ3v) is 4.28. The predicted molar refractivity (Wildman–Crippen MR) is 85.9 cm³/mol. The van der Waals surface area contributed by atoms with Gasteiger partial charge in [-0.25, -0.2) is 0 Å². The molecule has 0 saturated carbocycles. The predicted octanol–water partition coefficient (Wildman–Crippen LogP) is 2.18. The Balaban J connectivity index is 1.85. The number of fused-ring (bicyclic) bond motifs is 1. The molecule has 2 heterocycles. The molecule has 0 unspecified atom stereocenters. The molecule has 22 heavy (non-hydrogen) atoms. The van der Waals surface area contributed by atoms with Crippen molar-refractivity contribution in [2.24, 2.45) is 0 Å². The highest BCUT2D eigenvalue weighted by Gasteiger charge is 2.24. The molecule has 1 fully saturated rings. The van der Waals surface area contributed by atoms with Crippen molar-refractivity contribution in [1.29, 1.82) is 0 Å². The number of carbonyl (C=O) groups excluding carboxylic acids is 2. The molecule has 3 N–H and O–H groups in total. The third-order valence-electron chi connectivity index (χ3n) is 4.28. The second-order valence-electron chi connectivity index (χ2n) is 5.99. The van der Waals surface area contributed by atoms with Gasteiger partial charge in [-0.05, 0) is 50.8 Å². The molecule has 2 amide bonds. The van der Waals surface area contributed by atoms with Crippen LogP contribution in [0.4, 0.5) is 0 Å². The molecule has 3 rings (SSSR count). The van der Waals surface area contributed by atoms with Crippen LogP contribution in [0.3, 0.4) is 0 Å². The van der Waals surface area contributed by atoms with E-state index in [9.17, 15) is 9.59 Å². The van der Waals surface area contributed by atoms with E-state index < -0.39 is 6.04 Å². The molecule has 0 aliphatic carbocycles. The van der Waals surface area contributed by atoms with Gasteiger partial charge in [-0.2, -0.15) is 0 Å². The average Bonchev–Trinajstić information content (AvgIpc) is 2.68. The summed E-state index contributed by atoms with van der Waals surface area (Å²) in [6.45, 7) is 4.65. The van der Waals surface area contributed by atoms with Crippen molar-refractivity contribution < 1.29 is 9.59 Å². The number of hydrogen-bond donors (Lipinski definition) is 3. The van der Waals surface area contributed by atoms with Gasteiger partial charge >= 0.3 is 0 Å². The maximum absolute atomic E-state index is 12.5. The van der Waals surface area contributed by atoms with Gasteiger partial charge in [-0.3, -0.25) is 9.59 Å². The van der Waals surface area contributed by atoms with Crippen LogP contribution in [0.5, 0.6) is 0 Å². The second kappa shape index (κ2) is 5.83. The smallest absolute Gasteiger partial charge is 0.268 e. The SMILES string of the molecule is Cc1ccc2[nH]c(C(=O)N[C@@H]3CCCCNC3=O)c(C)c2c1. The van der Waals surface area contributed by atoms with Gasteiger partial charge in [0, 0.05) is 17.4 Å². The Bertz CT molecular complexity index is 733. The van der Waals surface area contributed by atoms with E-state index in [4.69, 9.17) is 0 Å². The summed E-state index contributed by atoms with van der Waals surface area (Å²) in [6.07, 6.45) is 2.59. The van der Waals surface area contributed by atoms with Crippen LogP contribution < -0.4 is 10.6 Å².